The summed E-state index contributed by atoms with van der Waals surface area (Å²) in [5.74, 6) is 4.89. The van der Waals surface area contributed by atoms with E-state index in [-0.39, 0.29) is 0 Å². The second kappa shape index (κ2) is 5.42. The molecule has 3 nitrogen and oxygen atoms in total. The van der Waals surface area contributed by atoms with E-state index in [0.29, 0.717) is 6.04 Å². The maximum absolute atomic E-state index is 4.43. The maximum atomic E-state index is 4.43. The van der Waals surface area contributed by atoms with Crippen LogP contribution in [0.15, 0.2) is 12.3 Å². The molecule has 21 heavy (non-hydrogen) atoms. The molecule has 4 aliphatic rings. The minimum atomic E-state index is 0.521. The van der Waals surface area contributed by atoms with Crippen LogP contribution < -0.4 is 5.32 Å². The minimum Gasteiger partial charge on any atom is -0.308 e. The Morgan fingerprint density at radius 1 is 1.19 bits per heavy atom. The highest BCUT2D eigenvalue weighted by atomic mass is 15.3. The molecule has 0 saturated heterocycles. The number of nitrogens with zero attached hydrogens (tertiary/aromatic N) is 2. The van der Waals surface area contributed by atoms with Gasteiger partial charge >= 0.3 is 0 Å². The average molecular weight is 287 g/mol. The van der Waals surface area contributed by atoms with Crippen molar-refractivity contribution in [3.63, 3.8) is 0 Å². The van der Waals surface area contributed by atoms with Crippen molar-refractivity contribution in [3.05, 3.63) is 18.0 Å². The van der Waals surface area contributed by atoms with Gasteiger partial charge in [-0.2, -0.15) is 5.10 Å². The van der Waals surface area contributed by atoms with Crippen LogP contribution in [0.4, 0.5) is 0 Å². The van der Waals surface area contributed by atoms with E-state index < -0.39 is 0 Å². The van der Waals surface area contributed by atoms with E-state index in [1.165, 1.54) is 37.8 Å². The second-order valence-electron chi connectivity index (χ2n) is 7.82. The standard InChI is InChI=1S/C18H29N3/c1-3-5-19-18(16-4-6-20-21(16)2)17-14-8-12-7-13(10-14)11-15(17)9-12/h4,6,12-15,17-19H,3,5,7-11H2,1-2H3. The molecule has 0 radical (unpaired) electrons. The lowest BCUT2D eigenvalue weighted by Gasteiger charge is -2.56. The summed E-state index contributed by atoms with van der Waals surface area (Å²) in [4.78, 5) is 0. The summed E-state index contributed by atoms with van der Waals surface area (Å²) < 4.78 is 2.10. The summed E-state index contributed by atoms with van der Waals surface area (Å²) in [6.07, 6.45) is 10.7. The highest BCUT2D eigenvalue weighted by molar-refractivity contribution is 5.13. The molecular formula is C18H29N3. The first-order chi connectivity index (χ1) is 10.3. The Morgan fingerprint density at radius 2 is 1.86 bits per heavy atom. The number of aryl methyl sites for hydroxylation is 1. The zero-order valence-electron chi connectivity index (χ0n) is 13.5. The zero-order valence-corrected chi connectivity index (χ0v) is 13.5. The SMILES string of the molecule is CCCNC(c1ccnn1C)C1C2CC3CC(C2)CC1C3. The number of hydrogen-bond acceptors (Lipinski definition) is 2. The third-order valence-electron chi connectivity index (χ3n) is 6.48. The molecule has 1 aromatic heterocycles. The lowest BCUT2D eigenvalue weighted by atomic mass is 9.50. The average Bonchev–Trinajstić information content (AvgIpc) is 2.87. The van der Waals surface area contributed by atoms with Crippen molar-refractivity contribution in [2.24, 2.45) is 36.6 Å². The van der Waals surface area contributed by atoms with Crippen molar-refractivity contribution < 1.29 is 0 Å². The van der Waals surface area contributed by atoms with Crippen molar-refractivity contribution in [1.82, 2.24) is 15.1 Å². The van der Waals surface area contributed by atoms with E-state index in [9.17, 15) is 0 Å². The summed E-state index contributed by atoms with van der Waals surface area (Å²) in [7, 11) is 2.10. The molecule has 4 saturated carbocycles. The molecule has 0 spiro atoms. The Balaban J connectivity index is 1.62. The monoisotopic (exact) mass is 287 g/mol. The molecule has 0 amide bonds. The molecule has 5 rings (SSSR count). The van der Waals surface area contributed by atoms with Crippen LogP contribution in [0, 0.1) is 29.6 Å². The smallest absolute Gasteiger partial charge is 0.0553 e. The largest absolute Gasteiger partial charge is 0.308 e. The first kappa shape index (κ1) is 13.8. The lowest BCUT2D eigenvalue weighted by Crippen LogP contribution is -2.50. The van der Waals surface area contributed by atoms with Crippen LogP contribution in [0.2, 0.25) is 0 Å². The quantitative estimate of drug-likeness (QED) is 0.898. The van der Waals surface area contributed by atoms with E-state index in [2.05, 4.69) is 35.1 Å². The highest BCUT2D eigenvalue weighted by Crippen LogP contribution is 2.59. The van der Waals surface area contributed by atoms with Gasteiger partial charge in [-0.25, -0.2) is 0 Å². The van der Waals surface area contributed by atoms with E-state index in [4.69, 9.17) is 0 Å². The molecule has 1 aromatic rings. The molecule has 0 aromatic carbocycles. The number of rotatable bonds is 5. The van der Waals surface area contributed by atoms with E-state index in [1.54, 1.807) is 6.42 Å². The number of aromatic nitrogens is 2. The molecule has 3 heteroatoms. The number of nitrogens with one attached hydrogen (secondary N) is 1. The lowest BCUT2D eigenvalue weighted by molar-refractivity contribution is -0.0535. The predicted octanol–water partition coefficient (Wildman–Crippen LogP) is 3.53. The van der Waals surface area contributed by atoms with Crippen molar-refractivity contribution in [2.75, 3.05) is 6.54 Å². The van der Waals surface area contributed by atoms with Crippen LogP contribution in [-0.4, -0.2) is 16.3 Å². The maximum Gasteiger partial charge on any atom is 0.0553 e. The Kier molecular flexibility index (Phi) is 3.56. The van der Waals surface area contributed by atoms with Gasteiger partial charge in [0.25, 0.3) is 0 Å². The normalized spacial score (nSPS) is 38.9. The molecule has 116 valence electrons. The summed E-state index contributed by atoms with van der Waals surface area (Å²) in [6, 6.07) is 2.76. The van der Waals surface area contributed by atoms with Gasteiger partial charge in [0.05, 0.1) is 11.7 Å². The third-order valence-corrected chi connectivity index (χ3v) is 6.48. The van der Waals surface area contributed by atoms with Gasteiger partial charge in [-0.05, 0) is 80.7 Å². The molecule has 4 fully saturated rings. The molecule has 1 atom stereocenters. The molecule has 1 unspecified atom stereocenters. The van der Waals surface area contributed by atoms with Crippen LogP contribution in [-0.2, 0) is 7.05 Å². The van der Waals surface area contributed by atoms with Gasteiger partial charge in [-0.1, -0.05) is 6.92 Å². The minimum absolute atomic E-state index is 0.521. The summed E-state index contributed by atoms with van der Waals surface area (Å²) in [5.41, 5.74) is 1.40. The Hall–Kier alpha value is -0.830. The molecule has 4 bridgehead atoms. The predicted molar refractivity (Wildman–Crippen MR) is 84.8 cm³/mol. The van der Waals surface area contributed by atoms with Gasteiger partial charge in [0.2, 0.25) is 0 Å². The zero-order chi connectivity index (χ0) is 14.4. The van der Waals surface area contributed by atoms with Crippen molar-refractivity contribution in [1.29, 1.82) is 0 Å². The Bertz CT molecular complexity index is 464. The highest BCUT2D eigenvalue weighted by Gasteiger charge is 2.51. The fourth-order valence-corrected chi connectivity index (χ4v) is 5.94. The van der Waals surface area contributed by atoms with Gasteiger partial charge in [0.15, 0.2) is 0 Å². The molecular weight excluding hydrogens is 258 g/mol. The summed E-state index contributed by atoms with van der Waals surface area (Å²) in [6.45, 7) is 3.39. The van der Waals surface area contributed by atoms with Crippen LogP contribution in [0.5, 0.6) is 0 Å². The fraction of sp³-hybridized carbons (Fsp3) is 0.833. The van der Waals surface area contributed by atoms with Crippen LogP contribution >= 0.6 is 0 Å². The van der Waals surface area contributed by atoms with Gasteiger partial charge in [-0.3, -0.25) is 4.68 Å². The van der Waals surface area contributed by atoms with Gasteiger partial charge in [0.1, 0.15) is 0 Å². The Labute approximate surface area is 128 Å². The second-order valence-corrected chi connectivity index (χ2v) is 7.82. The van der Waals surface area contributed by atoms with E-state index in [0.717, 1.165) is 36.1 Å². The van der Waals surface area contributed by atoms with Crippen LogP contribution in [0.1, 0.15) is 57.2 Å². The van der Waals surface area contributed by atoms with Crippen LogP contribution in [0.3, 0.4) is 0 Å². The number of hydrogen-bond donors (Lipinski definition) is 1. The fourth-order valence-electron chi connectivity index (χ4n) is 5.94. The van der Waals surface area contributed by atoms with Gasteiger partial charge in [-0.15, -0.1) is 0 Å². The van der Waals surface area contributed by atoms with Crippen LogP contribution in [0.25, 0.3) is 0 Å². The van der Waals surface area contributed by atoms with Gasteiger partial charge < -0.3 is 5.32 Å². The molecule has 4 aliphatic carbocycles. The molecule has 1 heterocycles. The Morgan fingerprint density at radius 3 is 2.38 bits per heavy atom. The first-order valence-corrected chi connectivity index (χ1v) is 8.97. The molecule has 0 aliphatic heterocycles. The van der Waals surface area contributed by atoms with Crippen molar-refractivity contribution in [3.8, 4) is 0 Å². The summed E-state index contributed by atoms with van der Waals surface area (Å²) in [5, 5.41) is 8.31. The molecule has 1 N–H and O–H groups in total. The summed E-state index contributed by atoms with van der Waals surface area (Å²) >= 11 is 0. The third kappa shape index (κ3) is 2.34. The van der Waals surface area contributed by atoms with E-state index in [1.807, 2.05) is 6.20 Å². The first-order valence-electron chi connectivity index (χ1n) is 8.97. The van der Waals surface area contributed by atoms with Crippen molar-refractivity contribution >= 4 is 0 Å². The van der Waals surface area contributed by atoms with Gasteiger partial charge in [0, 0.05) is 13.2 Å². The van der Waals surface area contributed by atoms with E-state index >= 15 is 0 Å². The van der Waals surface area contributed by atoms with Crippen molar-refractivity contribution in [2.45, 2.75) is 51.5 Å². The topological polar surface area (TPSA) is 29.9 Å².